The molecule has 0 amide bonds. The largest absolute Gasteiger partial charge is 0.465 e. The van der Waals surface area contributed by atoms with Gasteiger partial charge in [-0.3, -0.25) is 0 Å². The lowest BCUT2D eigenvalue weighted by Gasteiger charge is -2.10. The Bertz CT molecular complexity index is 1130. The predicted octanol–water partition coefficient (Wildman–Crippen LogP) is 2.63. The van der Waals surface area contributed by atoms with Gasteiger partial charge in [0.05, 0.1) is 12.7 Å². The molecule has 0 saturated carbocycles. The van der Waals surface area contributed by atoms with Gasteiger partial charge in [0, 0.05) is 25.7 Å². The number of esters is 1. The van der Waals surface area contributed by atoms with Crippen LogP contribution in [0.5, 0.6) is 0 Å². The van der Waals surface area contributed by atoms with E-state index in [2.05, 4.69) is 15.0 Å². The molecule has 2 N–H and O–H groups in total. The number of nitrogens with two attached hydrogens (primary N) is 1. The number of benzene rings is 1. The SMILES string of the molecule is COC(=O)c1ccccc1-c1ccc(/C=C(\C#N)c2nc(N)nc(N(C)C)n2)o1. The van der Waals surface area contributed by atoms with Gasteiger partial charge in [-0.15, -0.1) is 0 Å². The van der Waals surface area contributed by atoms with Crippen LogP contribution in [0.4, 0.5) is 11.9 Å². The number of rotatable bonds is 5. The summed E-state index contributed by atoms with van der Waals surface area (Å²) in [6, 6.07) is 12.4. The van der Waals surface area contributed by atoms with Gasteiger partial charge >= 0.3 is 5.97 Å². The quantitative estimate of drug-likeness (QED) is 0.516. The first-order valence-corrected chi connectivity index (χ1v) is 8.51. The molecule has 0 saturated heterocycles. The van der Waals surface area contributed by atoms with Gasteiger partial charge in [0.15, 0.2) is 5.82 Å². The van der Waals surface area contributed by atoms with Crippen molar-refractivity contribution in [1.29, 1.82) is 5.26 Å². The zero-order valence-corrected chi connectivity index (χ0v) is 16.1. The number of furan rings is 1. The van der Waals surface area contributed by atoms with E-state index in [-0.39, 0.29) is 17.3 Å². The van der Waals surface area contributed by atoms with Crippen LogP contribution in [0.15, 0.2) is 40.8 Å². The average molecular weight is 390 g/mol. The van der Waals surface area contributed by atoms with Crippen LogP contribution in [-0.4, -0.2) is 42.1 Å². The molecule has 2 aromatic heterocycles. The number of hydrogen-bond donors (Lipinski definition) is 1. The second-order valence-electron chi connectivity index (χ2n) is 6.12. The monoisotopic (exact) mass is 390 g/mol. The van der Waals surface area contributed by atoms with Crippen molar-refractivity contribution in [2.75, 3.05) is 31.8 Å². The van der Waals surface area contributed by atoms with Crippen LogP contribution in [0.3, 0.4) is 0 Å². The molecule has 0 aliphatic carbocycles. The molecule has 1 aromatic carbocycles. The minimum absolute atomic E-state index is 0.00647. The van der Waals surface area contributed by atoms with Crippen LogP contribution in [0.25, 0.3) is 23.0 Å². The van der Waals surface area contributed by atoms with Gasteiger partial charge in [0.2, 0.25) is 11.9 Å². The molecule has 0 fully saturated rings. The molecule has 0 aliphatic rings. The van der Waals surface area contributed by atoms with Gasteiger partial charge in [-0.05, 0) is 18.2 Å². The molecule has 0 spiro atoms. The molecule has 0 atom stereocenters. The lowest BCUT2D eigenvalue weighted by Crippen LogP contribution is -2.15. The van der Waals surface area contributed by atoms with Crippen molar-refractivity contribution in [1.82, 2.24) is 15.0 Å². The fraction of sp³-hybridized carbons (Fsp3) is 0.150. The molecular formula is C20H18N6O3. The number of nitriles is 1. The molecule has 9 nitrogen and oxygen atoms in total. The molecular weight excluding hydrogens is 372 g/mol. The van der Waals surface area contributed by atoms with E-state index in [1.807, 2.05) is 6.07 Å². The Kier molecular flexibility index (Phi) is 5.55. The molecule has 3 aromatic rings. The van der Waals surface area contributed by atoms with E-state index in [1.165, 1.54) is 13.2 Å². The number of nitrogens with zero attached hydrogens (tertiary/aromatic N) is 5. The summed E-state index contributed by atoms with van der Waals surface area (Å²) in [4.78, 5) is 25.9. The molecule has 0 unspecified atom stereocenters. The third-order valence-electron chi connectivity index (χ3n) is 3.91. The first kappa shape index (κ1) is 19.6. The van der Waals surface area contributed by atoms with Crippen LogP contribution < -0.4 is 10.6 Å². The minimum atomic E-state index is -0.469. The summed E-state index contributed by atoms with van der Waals surface area (Å²) in [5.41, 5.74) is 6.84. The Morgan fingerprint density at radius 3 is 2.66 bits per heavy atom. The van der Waals surface area contributed by atoms with E-state index in [0.717, 1.165) is 0 Å². The van der Waals surface area contributed by atoms with Crippen LogP contribution in [0.2, 0.25) is 0 Å². The van der Waals surface area contributed by atoms with Gasteiger partial charge in [-0.25, -0.2) is 4.79 Å². The Morgan fingerprint density at radius 2 is 1.97 bits per heavy atom. The Hall–Kier alpha value is -4.19. The fourth-order valence-electron chi connectivity index (χ4n) is 2.55. The number of anilines is 2. The molecule has 3 rings (SSSR count). The first-order valence-electron chi connectivity index (χ1n) is 8.51. The summed E-state index contributed by atoms with van der Waals surface area (Å²) >= 11 is 0. The van der Waals surface area contributed by atoms with Gasteiger partial charge in [0.25, 0.3) is 0 Å². The van der Waals surface area contributed by atoms with Crippen molar-refractivity contribution < 1.29 is 13.9 Å². The van der Waals surface area contributed by atoms with E-state index in [0.29, 0.717) is 28.6 Å². The molecule has 0 radical (unpaired) electrons. The van der Waals surface area contributed by atoms with Gasteiger partial charge in [-0.1, -0.05) is 18.2 Å². The van der Waals surface area contributed by atoms with Crippen molar-refractivity contribution in [3.8, 4) is 17.4 Å². The highest BCUT2D eigenvalue weighted by molar-refractivity contribution is 5.96. The maximum absolute atomic E-state index is 12.0. The number of aromatic nitrogens is 3. The summed E-state index contributed by atoms with van der Waals surface area (Å²) in [5, 5.41) is 9.56. The van der Waals surface area contributed by atoms with Crippen LogP contribution >= 0.6 is 0 Å². The maximum atomic E-state index is 12.0. The lowest BCUT2D eigenvalue weighted by molar-refractivity contribution is 0.0601. The fourth-order valence-corrected chi connectivity index (χ4v) is 2.55. The summed E-state index contributed by atoms with van der Waals surface area (Å²) in [6.07, 6.45) is 1.50. The summed E-state index contributed by atoms with van der Waals surface area (Å²) < 4.78 is 10.6. The molecule has 0 aliphatic heterocycles. The van der Waals surface area contributed by atoms with E-state index in [9.17, 15) is 10.1 Å². The number of nitrogen functional groups attached to an aromatic ring is 1. The zero-order valence-electron chi connectivity index (χ0n) is 16.1. The summed E-state index contributed by atoms with van der Waals surface area (Å²) in [7, 11) is 4.83. The minimum Gasteiger partial charge on any atom is -0.465 e. The highest BCUT2D eigenvalue weighted by atomic mass is 16.5. The van der Waals surface area contributed by atoms with Gasteiger partial charge in [-0.2, -0.15) is 20.2 Å². The lowest BCUT2D eigenvalue weighted by atomic mass is 10.1. The molecule has 0 bridgehead atoms. The number of ether oxygens (including phenoxy) is 1. The third-order valence-corrected chi connectivity index (χ3v) is 3.91. The number of allylic oxidation sites excluding steroid dienone is 1. The van der Waals surface area contributed by atoms with E-state index in [4.69, 9.17) is 14.9 Å². The zero-order chi connectivity index (χ0) is 21.0. The van der Waals surface area contributed by atoms with Crippen molar-refractivity contribution in [2.24, 2.45) is 0 Å². The molecule has 9 heteroatoms. The number of methoxy groups -OCH3 is 1. The van der Waals surface area contributed by atoms with Crippen LogP contribution in [0.1, 0.15) is 21.9 Å². The maximum Gasteiger partial charge on any atom is 0.338 e. The van der Waals surface area contributed by atoms with Crippen molar-refractivity contribution in [2.45, 2.75) is 0 Å². The number of carbonyl (C=O) groups is 1. The standard InChI is InChI=1S/C20H18N6O3/c1-26(2)20-24-17(23-19(22)25-20)12(11-21)10-13-8-9-16(29-13)14-6-4-5-7-15(14)18(27)28-3/h4-10H,1-3H3,(H2,22,23,24,25)/b12-10+. The topological polar surface area (TPSA) is 131 Å². The number of carbonyl (C=O) groups excluding carboxylic acids is 1. The molecule has 2 heterocycles. The Balaban J connectivity index is 2.00. The van der Waals surface area contributed by atoms with Gasteiger partial charge in [0.1, 0.15) is 23.2 Å². The smallest absolute Gasteiger partial charge is 0.338 e. The van der Waals surface area contributed by atoms with Crippen LogP contribution in [0, 0.1) is 11.3 Å². The van der Waals surface area contributed by atoms with Gasteiger partial charge < -0.3 is 19.8 Å². The highest BCUT2D eigenvalue weighted by Gasteiger charge is 2.16. The average Bonchev–Trinajstić information content (AvgIpc) is 3.19. The van der Waals surface area contributed by atoms with Crippen molar-refractivity contribution >= 4 is 29.5 Å². The number of hydrogen-bond acceptors (Lipinski definition) is 9. The summed E-state index contributed by atoms with van der Waals surface area (Å²) in [5.74, 6) is 0.855. The van der Waals surface area contributed by atoms with E-state index in [1.54, 1.807) is 55.4 Å². The predicted molar refractivity (Wildman–Crippen MR) is 108 cm³/mol. The molecule has 29 heavy (non-hydrogen) atoms. The Labute approximate surface area is 167 Å². The highest BCUT2D eigenvalue weighted by Crippen LogP contribution is 2.28. The molecule has 146 valence electrons. The van der Waals surface area contributed by atoms with E-state index >= 15 is 0 Å². The third kappa shape index (κ3) is 4.22. The second kappa shape index (κ2) is 8.22. The van der Waals surface area contributed by atoms with Crippen molar-refractivity contribution in [3.05, 3.63) is 53.5 Å². The van der Waals surface area contributed by atoms with Crippen LogP contribution in [-0.2, 0) is 4.74 Å². The Morgan fingerprint density at radius 1 is 1.21 bits per heavy atom. The van der Waals surface area contributed by atoms with Crippen molar-refractivity contribution in [3.63, 3.8) is 0 Å². The normalized spacial score (nSPS) is 11.0. The van der Waals surface area contributed by atoms with E-state index < -0.39 is 5.97 Å². The first-order chi connectivity index (χ1) is 13.9. The second-order valence-corrected chi connectivity index (χ2v) is 6.12. The summed E-state index contributed by atoms with van der Waals surface area (Å²) in [6.45, 7) is 0.